The normalized spacial score (nSPS) is 11.4. The van der Waals surface area contributed by atoms with E-state index in [9.17, 15) is 0 Å². The first-order valence-electron chi connectivity index (χ1n) is 9.95. The summed E-state index contributed by atoms with van der Waals surface area (Å²) in [5.41, 5.74) is 0. The van der Waals surface area contributed by atoms with Crippen LogP contribution < -0.4 is 17.4 Å². The molecule has 5 aromatic rings. The van der Waals surface area contributed by atoms with Gasteiger partial charge in [0.25, 0.3) is 0 Å². The summed E-state index contributed by atoms with van der Waals surface area (Å²) in [5.74, 6) is 0. The molecule has 0 N–H and O–H groups in total. The molecule has 0 atom stereocenters. The van der Waals surface area contributed by atoms with Crippen LogP contribution >= 0.6 is 0 Å². The number of hydrogen-bond acceptors (Lipinski definition) is 0. The van der Waals surface area contributed by atoms with Crippen LogP contribution in [0.3, 0.4) is 0 Å². The Labute approximate surface area is 174 Å². The topological polar surface area (TPSA) is 0 Å². The number of fused-ring (bicyclic) bond motifs is 1. The molecular formula is C28H22As+. The van der Waals surface area contributed by atoms with E-state index >= 15 is 0 Å². The Morgan fingerprint density at radius 3 is 1.28 bits per heavy atom. The summed E-state index contributed by atoms with van der Waals surface area (Å²) in [6.45, 7) is 0. The average Bonchev–Trinajstić information content (AvgIpc) is 2.82. The quantitative estimate of drug-likeness (QED) is 0.373. The fourth-order valence-electron chi connectivity index (χ4n) is 4.32. The first kappa shape index (κ1) is 18.0. The molecule has 0 heterocycles. The Morgan fingerprint density at radius 1 is 0.345 bits per heavy atom. The molecule has 5 rings (SSSR count). The zero-order chi connectivity index (χ0) is 19.5. The van der Waals surface area contributed by atoms with E-state index in [0.29, 0.717) is 0 Å². The molecule has 0 saturated heterocycles. The van der Waals surface area contributed by atoms with Crippen LogP contribution in [0.5, 0.6) is 0 Å². The zero-order valence-corrected chi connectivity index (χ0v) is 18.0. The van der Waals surface area contributed by atoms with Crippen LogP contribution in [-0.2, 0) is 0 Å². The van der Waals surface area contributed by atoms with Crippen molar-refractivity contribution in [2.75, 3.05) is 0 Å². The van der Waals surface area contributed by atoms with E-state index in [1.807, 2.05) is 0 Å². The van der Waals surface area contributed by atoms with Crippen LogP contribution in [0.15, 0.2) is 133 Å². The van der Waals surface area contributed by atoms with E-state index < -0.39 is 13.6 Å². The Hall–Kier alpha value is -3.08. The van der Waals surface area contributed by atoms with Crippen molar-refractivity contribution in [2.45, 2.75) is 0 Å². The second-order valence-corrected chi connectivity index (χ2v) is 14.3. The maximum atomic E-state index is 2.36. The Morgan fingerprint density at radius 2 is 0.759 bits per heavy atom. The standard InChI is InChI=1S/C28H22As/c1-4-15-24(16-5-1)29(25-17-6-2-7-18-25,26-19-8-3-9-20-26)28-22-12-14-23-13-10-11-21-27(23)28/h1-22H/q+1. The molecule has 0 amide bonds. The van der Waals surface area contributed by atoms with Crippen molar-refractivity contribution in [1.29, 1.82) is 0 Å². The van der Waals surface area contributed by atoms with Crippen LogP contribution in [0.25, 0.3) is 10.8 Å². The van der Waals surface area contributed by atoms with Gasteiger partial charge >= 0.3 is 175 Å². The molecule has 0 aliphatic carbocycles. The predicted octanol–water partition coefficient (Wildman–Crippen LogP) is 4.22. The predicted molar refractivity (Wildman–Crippen MR) is 128 cm³/mol. The van der Waals surface area contributed by atoms with Crippen LogP contribution in [0, 0.1) is 0 Å². The van der Waals surface area contributed by atoms with Crippen molar-refractivity contribution in [3.05, 3.63) is 133 Å². The molecule has 138 valence electrons. The summed E-state index contributed by atoms with van der Waals surface area (Å²) >= 11 is -2.96. The molecule has 5 aromatic carbocycles. The van der Waals surface area contributed by atoms with E-state index in [1.165, 1.54) is 28.2 Å². The first-order chi connectivity index (χ1) is 14.4. The molecule has 0 aromatic heterocycles. The summed E-state index contributed by atoms with van der Waals surface area (Å²) < 4.78 is 5.81. The van der Waals surface area contributed by atoms with Crippen molar-refractivity contribution < 1.29 is 0 Å². The second kappa shape index (κ2) is 7.74. The molecule has 0 unspecified atom stereocenters. The maximum absolute atomic E-state index is 2.96. The van der Waals surface area contributed by atoms with E-state index in [2.05, 4.69) is 133 Å². The molecule has 29 heavy (non-hydrogen) atoms. The minimum absolute atomic E-state index is 1.30. The fraction of sp³-hybridized carbons (Fsp3) is 0. The summed E-state index contributed by atoms with van der Waals surface area (Å²) in [6.07, 6.45) is 0. The van der Waals surface area contributed by atoms with E-state index in [1.54, 1.807) is 0 Å². The monoisotopic (exact) mass is 433 g/mol. The van der Waals surface area contributed by atoms with Gasteiger partial charge in [-0.3, -0.25) is 0 Å². The first-order valence-corrected chi connectivity index (χ1v) is 13.7. The third-order valence-electron chi connectivity index (χ3n) is 5.56. The third kappa shape index (κ3) is 3.01. The fourth-order valence-corrected chi connectivity index (χ4v) is 13.7. The zero-order valence-electron chi connectivity index (χ0n) is 16.1. The molecule has 0 nitrogen and oxygen atoms in total. The molecular weight excluding hydrogens is 411 g/mol. The number of benzene rings is 5. The molecule has 0 aliphatic rings. The van der Waals surface area contributed by atoms with Crippen molar-refractivity contribution in [3.63, 3.8) is 0 Å². The van der Waals surface area contributed by atoms with Gasteiger partial charge in [0.1, 0.15) is 0 Å². The van der Waals surface area contributed by atoms with E-state index in [0.717, 1.165) is 0 Å². The van der Waals surface area contributed by atoms with Gasteiger partial charge in [0, 0.05) is 0 Å². The summed E-state index contributed by atoms with van der Waals surface area (Å²) in [7, 11) is 0. The Bertz CT molecular complexity index is 1130. The van der Waals surface area contributed by atoms with Crippen LogP contribution in [-0.4, -0.2) is 13.6 Å². The summed E-state index contributed by atoms with van der Waals surface area (Å²) in [5, 5.41) is 2.66. The number of rotatable bonds is 4. The summed E-state index contributed by atoms with van der Waals surface area (Å²) in [6, 6.07) is 49.0. The van der Waals surface area contributed by atoms with Gasteiger partial charge in [-0.2, -0.15) is 0 Å². The van der Waals surface area contributed by atoms with Crippen LogP contribution in [0.4, 0.5) is 0 Å². The van der Waals surface area contributed by atoms with Gasteiger partial charge in [0.15, 0.2) is 0 Å². The molecule has 0 fully saturated rings. The van der Waals surface area contributed by atoms with E-state index in [-0.39, 0.29) is 0 Å². The Balaban J connectivity index is 1.99. The Kier molecular flexibility index (Phi) is 4.80. The molecule has 0 bridgehead atoms. The van der Waals surface area contributed by atoms with Gasteiger partial charge in [-0.15, -0.1) is 0 Å². The SMILES string of the molecule is c1ccc([As+](c2ccccc2)(c2ccccc2)c2cccc3ccccc23)cc1. The second-order valence-electron chi connectivity index (χ2n) is 7.18. The molecule has 0 spiro atoms. The van der Waals surface area contributed by atoms with Gasteiger partial charge in [-0.05, 0) is 0 Å². The average molecular weight is 433 g/mol. The van der Waals surface area contributed by atoms with Gasteiger partial charge in [0.2, 0.25) is 0 Å². The molecule has 0 aliphatic heterocycles. The van der Waals surface area contributed by atoms with Gasteiger partial charge in [-0.1, -0.05) is 0 Å². The summed E-state index contributed by atoms with van der Waals surface area (Å²) in [4.78, 5) is 0. The van der Waals surface area contributed by atoms with Crippen molar-refractivity contribution >= 4 is 41.7 Å². The van der Waals surface area contributed by atoms with Crippen molar-refractivity contribution in [2.24, 2.45) is 0 Å². The molecule has 0 radical (unpaired) electrons. The van der Waals surface area contributed by atoms with E-state index in [4.69, 9.17) is 0 Å². The molecule has 1 heteroatoms. The molecule has 0 saturated carbocycles. The number of hydrogen-bond donors (Lipinski definition) is 0. The van der Waals surface area contributed by atoms with Gasteiger partial charge in [0.05, 0.1) is 0 Å². The van der Waals surface area contributed by atoms with Crippen molar-refractivity contribution in [3.8, 4) is 0 Å². The van der Waals surface area contributed by atoms with Crippen LogP contribution in [0.1, 0.15) is 0 Å². The van der Waals surface area contributed by atoms with Crippen molar-refractivity contribution in [1.82, 2.24) is 0 Å². The third-order valence-corrected chi connectivity index (χ3v) is 14.6. The minimum atomic E-state index is -2.96. The van der Waals surface area contributed by atoms with Crippen LogP contribution in [0.2, 0.25) is 0 Å². The van der Waals surface area contributed by atoms with Gasteiger partial charge in [-0.25, -0.2) is 0 Å². The van der Waals surface area contributed by atoms with Gasteiger partial charge < -0.3 is 0 Å².